The summed E-state index contributed by atoms with van der Waals surface area (Å²) in [6.07, 6.45) is 1.06. The molecule has 0 fully saturated rings. The first-order valence-electron chi connectivity index (χ1n) is 4.91. The van der Waals surface area contributed by atoms with Crippen LogP contribution in [0.15, 0.2) is 30.3 Å². The van der Waals surface area contributed by atoms with Gasteiger partial charge in [0.25, 0.3) is 0 Å². The largest absolute Gasteiger partial charge is 0.373 e. The van der Waals surface area contributed by atoms with Gasteiger partial charge in [-0.25, -0.2) is 4.98 Å². The number of pyridine rings is 1. The van der Waals surface area contributed by atoms with E-state index in [9.17, 15) is 0 Å². The van der Waals surface area contributed by atoms with Crippen LogP contribution in [-0.2, 0) is 6.42 Å². The maximum atomic E-state index is 4.49. The van der Waals surface area contributed by atoms with Gasteiger partial charge in [-0.2, -0.15) is 0 Å². The zero-order chi connectivity index (χ0) is 9.97. The minimum atomic E-state index is 0.922. The van der Waals surface area contributed by atoms with E-state index < -0.39 is 0 Å². The van der Waals surface area contributed by atoms with Crippen LogP contribution < -0.4 is 5.32 Å². The highest BCUT2D eigenvalue weighted by molar-refractivity contribution is 5.80. The molecule has 0 unspecified atom stereocenters. The number of aryl methyl sites for hydroxylation is 1. The van der Waals surface area contributed by atoms with Gasteiger partial charge in [0.15, 0.2) is 0 Å². The zero-order valence-corrected chi connectivity index (χ0v) is 8.54. The molecule has 0 saturated heterocycles. The van der Waals surface area contributed by atoms with Gasteiger partial charge in [-0.15, -0.1) is 0 Å². The second-order valence-corrected chi connectivity index (χ2v) is 3.33. The van der Waals surface area contributed by atoms with E-state index >= 15 is 0 Å². The minimum absolute atomic E-state index is 0.922. The number of rotatable bonds is 2. The monoisotopic (exact) mass is 186 g/mol. The van der Waals surface area contributed by atoms with Crippen LogP contribution in [-0.4, -0.2) is 12.0 Å². The highest BCUT2D eigenvalue weighted by atomic mass is 15.0. The highest BCUT2D eigenvalue weighted by Gasteiger charge is 1.97. The van der Waals surface area contributed by atoms with E-state index in [0.717, 1.165) is 17.8 Å². The first kappa shape index (κ1) is 9.00. The Morgan fingerprint density at radius 3 is 2.71 bits per heavy atom. The SMILES string of the molecule is CCc1ccc2ccc(NC)nc2c1. The summed E-state index contributed by atoms with van der Waals surface area (Å²) in [5.41, 5.74) is 2.40. The molecule has 1 heterocycles. The lowest BCUT2D eigenvalue weighted by Crippen LogP contribution is -1.92. The van der Waals surface area contributed by atoms with Gasteiger partial charge in [-0.05, 0) is 30.2 Å². The Labute approximate surface area is 84.0 Å². The fraction of sp³-hybridized carbons (Fsp3) is 0.250. The third kappa shape index (κ3) is 1.55. The van der Waals surface area contributed by atoms with E-state index in [4.69, 9.17) is 0 Å². The van der Waals surface area contributed by atoms with Crippen LogP contribution in [0, 0.1) is 0 Å². The van der Waals surface area contributed by atoms with E-state index in [-0.39, 0.29) is 0 Å². The Kier molecular flexibility index (Phi) is 2.35. The lowest BCUT2D eigenvalue weighted by Gasteiger charge is -2.03. The van der Waals surface area contributed by atoms with Gasteiger partial charge in [-0.1, -0.05) is 19.1 Å². The van der Waals surface area contributed by atoms with Crippen molar-refractivity contribution in [2.45, 2.75) is 13.3 Å². The normalized spacial score (nSPS) is 10.4. The lowest BCUT2D eigenvalue weighted by atomic mass is 10.1. The summed E-state index contributed by atoms with van der Waals surface area (Å²) in [4.78, 5) is 4.49. The summed E-state index contributed by atoms with van der Waals surface area (Å²) in [6.45, 7) is 2.16. The number of nitrogens with zero attached hydrogens (tertiary/aromatic N) is 1. The summed E-state index contributed by atoms with van der Waals surface area (Å²) < 4.78 is 0. The molecule has 1 N–H and O–H groups in total. The molecule has 0 saturated carbocycles. The summed E-state index contributed by atoms with van der Waals surface area (Å²) in [5, 5.41) is 4.24. The van der Waals surface area contributed by atoms with Crippen molar-refractivity contribution in [2.75, 3.05) is 12.4 Å². The number of anilines is 1. The van der Waals surface area contributed by atoms with Crippen LogP contribution in [0.2, 0.25) is 0 Å². The quantitative estimate of drug-likeness (QED) is 0.780. The minimum Gasteiger partial charge on any atom is -0.373 e. The Morgan fingerprint density at radius 2 is 2.00 bits per heavy atom. The molecule has 1 aromatic carbocycles. The first-order valence-corrected chi connectivity index (χ1v) is 4.91. The molecule has 2 aromatic rings. The average molecular weight is 186 g/mol. The van der Waals surface area contributed by atoms with E-state index in [1.165, 1.54) is 10.9 Å². The highest BCUT2D eigenvalue weighted by Crippen LogP contribution is 2.16. The molecule has 2 rings (SSSR count). The standard InChI is InChI=1S/C12H14N2/c1-3-9-4-5-10-6-7-12(13-2)14-11(10)8-9/h4-8H,3H2,1-2H3,(H,13,14). The molecule has 0 amide bonds. The van der Waals surface area contributed by atoms with Crippen LogP contribution >= 0.6 is 0 Å². The molecular formula is C12H14N2. The van der Waals surface area contributed by atoms with Crippen molar-refractivity contribution in [3.8, 4) is 0 Å². The van der Waals surface area contributed by atoms with E-state index in [1.807, 2.05) is 13.1 Å². The summed E-state index contributed by atoms with van der Waals surface area (Å²) in [6, 6.07) is 10.5. The number of benzene rings is 1. The fourth-order valence-electron chi connectivity index (χ4n) is 1.52. The number of fused-ring (bicyclic) bond motifs is 1. The second kappa shape index (κ2) is 3.66. The maximum Gasteiger partial charge on any atom is 0.126 e. The summed E-state index contributed by atoms with van der Waals surface area (Å²) in [7, 11) is 1.89. The van der Waals surface area contributed by atoms with Gasteiger partial charge < -0.3 is 5.32 Å². The number of hydrogen-bond donors (Lipinski definition) is 1. The third-order valence-electron chi connectivity index (χ3n) is 2.42. The van der Waals surface area contributed by atoms with Crippen LogP contribution in [0.3, 0.4) is 0 Å². The van der Waals surface area contributed by atoms with Crippen molar-refractivity contribution in [1.29, 1.82) is 0 Å². The molecule has 2 heteroatoms. The molecule has 0 aliphatic heterocycles. The molecule has 2 nitrogen and oxygen atoms in total. The van der Waals surface area contributed by atoms with Crippen LogP contribution in [0.25, 0.3) is 10.9 Å². The maximum absolute atomic E-state index is 4.49. The lowest BCUT2D eigenvalue weighted by molar-refractivity contribution is 1.14. The van der Waals surface area contributed by atoms with E-state index in [1.54, 1.807) is 0 Å². The topological polar surface area (TPSA) is 24.9 Å². The third-order valence-corrected chi connectivity index (χ3v) is 2.42. The smallest absolute Gasteiger partial charge is 0.126 e. The van der Waals surface area contributed by atoms with Crippen LogP contribution in [0.5, 0.6) is 0 Å². The molecule has 1 aromatic heterocycles. The van der Waals surface area contributed by atoms with Crippen LogP contribution in [0.1, 0.15) is 12.5 Å². The molecule has 0 bridgehead atoms. The second-order valence-electron chi connectivity index (χ2n) is 3.33. The zero-order valence-electron chi connectivity index (χ0n) is 8.54. The number of hydrogen-bond acceptors (Lipinski definition) is 2. The molecular weight excluding hydrogens is 172 g/mol. The Morgan fingerprint density at radius 1 is 1.21 bits per heavy atom. The van der Waals surface area contributed by atoms with Crippen molar-refractivity contribution >= 4 is 16.7 Å². The van der Waals surface area contributed by atoms with Crippen molar-refractivity contribution in [1.82, 2.24) is 4.98 Å². The molecule has 0 aliphatic carbocycles. The van der Waals surface area contributed by atoms with Gasteiger partial charge >= 0.3 is 0 Å². The van der Waals surface area contributed by atoms with Gasteiger partial charge in [0, 0.05) is 12.4 Å². The first-order chi connectivity index (χ1) is 6.83. The predicted octanol–water partition coefficient (Wildman–Crippen LogP) is 2.84. The van der Waals surface area contributed by atoms with Crippen molar-refractivity contribution < 1.29 is 0 Å². The van der Waals surface area contributed by atoms with Gasteiger partial charge in [0.05, 0.1) is 5.52 Å². The van der Waals surface area contributed by atoms with Crippen molar-refractivity contribution in [3.05, 3.63) is 35.9 Å². The number of nitrogens with one attached hydrogen (secondary N) is 1. The predicted molar refractivity (Wildman–Crippen MR) is 60.7 cm³/mol. The van der Waals surface area contributed by atoms with Gasteiger partial charge in [0.2, 0.25) is 0 Å². The fourth-order valence-corrected chi connectivity index (χ4v) is 1.52. The van der Waals surface area contributed by atoms with E-state index in [2.05, 4.69) is 41.5 Å². The Bertz CT molecular complexity index is 410. The molecule has 0 radical (unpaired) electrons. The van der Waals surface area contributed by atoms with Gasteiger partial charge in [0.1, 0.15) is 5.82 Å². The van der Waals surface area contributed by atoms with Crippen molar-refractivity contribution in [2.24, 2.45) is 0 Å². The molecule has 0 aliphatic rings. The molecule has 0 atom stereocenters. The molecule has 0 spiro atoms. The summed E-state index contributed by atoms with van der Waals surface area (Å²) >= 11 is 0. The van der Waals surface area contributed by atoms with Crippen LogP contribution in [0.4, 0.5) is 5.82 Å². The molecule has 72 valence electrons. The van der Waals surface area contributed by atoms with E-state index in [0.29, 0.717) is 0 Å². The number of aromatic nitrogens is 1. The van der Waals surface area contributed by atoms with Gasteiger partial charge in [-0.3, -0.25) is 0 Å². The Hall–Kier alpha value is -1.57. The van der Waals surface area contributed by atoms with Crippen molar-refractivity contribution in [3.63, 3.8) is 0 Å². The Balaban J connectivity index is 2.60. The molecule has 14 heavy (non-hydrogen) atoms. The summed E-state index contributed by atoms with van der Waals surface area (Å²) in [5.74, 6) is 0.922. The average Bonchev–Trinajstić information content (AvgIpc) is 2.27.